The quantitative estimate of drug-likeness (QED) is 0.768. The average molecular weight is 367 g/mol. The van der Waals surface area contributed by atoms with Crippen molar-refractivity contribution >= 4 is 17.2 Å². The molecule has 1 heterocycles. The highest BCUT2D eigenvalue weighted by atomic mass is 35.5. The molecule has 4 nitrogen and oxygen atoms in total. The van der Waals surface area contributed by atoms with Crippen molar-refractivity contribution in [1.29, 1.82) is 0 Å². The van der Waals surface area contributed by atoms with Gasteiger partial charge in [0, 0.05) is 28.6 Å². The zero-order valence-corrected chi connectivity index (χ0v) is 13.2. The van der Waals surface area contributed by atoms with Crippen LogP contribution in [0.4, 0.5) is 13.2 Å². The minimum atomic E-state index is -4.89. The van der Waals surface area contributed by atoms with Crippen molar-refractivity contribution in [2.45, 2.75) is 11.8 Å². The van der Waals surface area contributed by atoms with Gasteiger partial charge in [0.25, 0.3) is 11.2 Å². The average Bonchev–Trinajstić information content (AvgIpc) is 2.87. The fourth-order valence-corrected chi connectivity index (χ4v) is 3.42. The van der Waals surface area contributed by atoms with Gasteiger partial charge in [0.1, 0.15) is 0 Å². The summed E-state index contributed by atoms with van der Waals surface area (Å²) in [5.41, 5.74) is 0.142. The second-order valence-corrected chi connectivity index (χ2v) is 6.22. The first-order valence-corrected chi connectivity index (χ1v) is 7.73. The van der Waals surface area contributed by atoms with Crippen LogP contribution in [0.25, 0.3) is 5.57 Å². The molecule has 25 heavy (non-hydrogen) atoms. The molecule has 0 saturated heterocycles. The van der Waals surface area contributed by atoms with Gasteiger partial charge in [-0.3, -0.25) is 0 Å². The topological polar surface area (TPSA) is 59.2 Å². The Kier molecular flexibility index (Phi) is 3.44. The number of fused-ring (bicyclic) bond motifs is 2. The van der Waals surface area contributed by atoms with Gasteiger partial charge >= 0.3 is 6.18 Å². The molecule has 0 radical (unpaired) electrons. The molecule has 2 unspecified atom stereocenters. The Hall–Kier alpha value is -2.34. The molecule has 3 atom stereocenters. The maximum atomic E-state index is 13.9. The van der Waals surface area contributed by atoms with Crippen LogP contribution < -0.4 is 0 Å². The molecule has 3 aliphatic rings. The highest BCUT2D eigenvalue weighted by molar-refractivity contribution is 6.28. The summed E-state index contributed by atoms with van der Waals surface area (Å²) < 4.78 is 46.5. The molecular weight excluding hydrogens is 357 g/mol. The zero-order valence-electron chi connectivity index (χ0n) is 12.5. The summed E-state index contributed by atoms with van der Waals surface area (Å²) in [4.78, 5) is 3.82. The number of hydrogen-bond donors (Lipinski definition) is 1. The molecule has 0 aromatic carbocycles. The van der Waals surface area contributed by atoms with Crippen molar-refractivity contribution in [1.82, 2.24) is 10.1 Å². The standard InChI is InChI=1S/C17H10ClF3N2O2/c18-15-22-14(25-23-15)10-5-6-12-9-3-1-2-4-11(7-9)16(24,13(12)8-10)17(19,20)21/h1-6,8,12-13,24H/t12?,13?,16-/m0/s1. The van der Waals surface area contributed by atoms with E-state index in [0.717, 1.165) is 0 Å². The molecule has 4 rings (SSSR count). The third-order valence-corrected chi connectivity index (χ3v) is 4.64. The van der Waals surface area contributed by atoms with Crippen LogP contribution in [0.3, 0.4) is 0 Å². The number of nitrogens with zero attached hydrogens (tertiary/aromatic N) is 2. The van der Waals surface area contributed by atoms with Crippen molar-refractivity contribution in [3.05, 3.63) is 70.6 Å². The Morgan fingerprint density at radius 1 is 1.24 bits per heavy atom. The third kappa shape index (κ3) is 2.35. The van der Waals surface area contributed by atoms with E-state index in [1.807, 2.05) is 0 Å². The minimum absolute atomic E-state index is 0.00758. The minimum Gasteiger partial charge on any atom is -0.375 e. The second kappa shape index (κ2) is 5.33. The molecule has 1 aromatic rings. The van der Waals surface area contributed by atoms with Gasteiger partial charge in [0.2, 0.25) is 0 Å². The molecule has 0 amide bonds. The summed E-state index contributed by atoms with van der Waals surface area (Å²) in [6.07, 6.45) is 5.55. The first kappa shape index (κ1) is 16.1. The number of aromatic nitrogens is 2. The Labute approximate surface area is 145 Å². The highest BCUT2D eigenvalue weighted by Gasteiger charge is 2.63. The van der Waals surface area contributed by atoms with Gasteiger partial charge in [-0.2, -0.15) is 18.2 Å². The van der Waals surface area contributed by atoms with E-state index in [2.05, 4.69) is 15.9 Å². The predicted octanol–water partition coefficient (Wildman–Crippen LogP) is 3.79. The number of halogens is 4. The van der Waals surface area contributed by atoms with E-state index in [0.29, 0.717) is 5.57 Å². The summed E-state index contributed by atoms with van der Waals surface area (Å²) in [7, 11) is 0. The molecule has 1 N–H and O–H groups in total. The molecule has 0 saturated carbocycles. The molecule has 0 fully saturated rings. The van der Waals surface area contributed by atoms with Crippen LogP contribution in [0.2, 0.25) is 5.28 Å². The van der Waals surface area contributed by atoms with Gasteiger partial charge in [-0.15, -0.1) is 5.73 Å². The van der Waals surface area contributed by atoms with Gasteiger partial charge in [-0.1, -0.05) is 36.5 Å². The molecule has 1 aromatic heterocycles. The highest BCUT2D eigenvalue weighted by Crippen LogP contribution is 2.52. The van der Waals surface area contributed by atoms with Crippen LogP contribution in [0, 0.1) is 11.8 Å². The third-order valence-electron chi connectivity index (χ3n) is 4.49. The molecule has 0 aliphatic heterocycles. The summed E-state index contributed by atoms with van der Waals surface area (Å²) in [6, 6.07) is 0. The van der Waals surface area contributed by atoms with Crippen molar-refractivity contribution in [3.63, 3.8) is 0 Å². The largest absolute Gasteiger partial charge is 0.422 e. The van der Waals surface area contributed by atoms with E-state index in [-0.39, 0.29) is 22.3 Å². The number of alkyl halides is 3. The van der Waals surface area contributed by atoms with Gasteiger partial charge in [0.15, 0.2) is 5.60 Å². The van der Waals surface area contributed by atoms with E-state index in [4.69, 9.17) is 16.1 Å². The fourth-order valence-electron chi connectivity index (χ4n) is 3.31. The van der Waals surface area contributed by atoms with Crippen molar-refractivity contribution in [2.75, 3.05) is 0 Å². The first-order chi connectivity index (χ1) is 11.8. The number of allylic oxidation sites excluding steroid dienone is 6. The number of rotatable bonds is 1. The van der Waals surface area contributed by atoms with Crippen molar-refractivity contribution in [3.8, 4) is 0 Å². The zero-order chi connectivity index (χ0) is 17.8. The van der Waals surface area contributed by atoms with Gasteiger partial charge in [-0.25, -0.2) is 0 Å². The van der Waals surface area contributed by atoms with Crippen LogP contribution in [-0.2, 0) is 0 Å². The van der Waals surface area contributed by atoms with Crippen LogP contribution in [-0.4, -0.2) is 27.0 Å². The number of aliphatic hydroxyl groups is 1. The van der Waals surface area contributed by atoms with Gasteiger partial charge < -0.3 is 9.63 Å². The molecule has 2 bridgehead atoms. The summed E-state index contributed by atoms with van der Waals surface area (Å²) in [5.74, 6) is -1.99. The smallest absolute Gasteiger partial charge is 0.375 e. The van der Waals surface area contributed by atoms with Crippen LogP contribution in [0.5, 0.6) is 0 Å². The van der Waals surface area contributed by atoms with Crippen molar-refractivity contribution in [2.24, 2.45) is 11.8 Å². The lowest BCUT2D eigenvalue weighted by molar-refractivity contribution is -0.259. The maximum absolute atomic E-state index is 13.9. The summed E-state index contributed by atoms with van der Waals surface area (Å²) in [6.45, 7) is 0. The number of hydrogen-bond acceptors (Lipinski definition) is 4. The van der Waals surface area contributed by atoms with Crippen LogP contribution in [0.1, 0.15) is 5.89 Å². The molecular formula is C17H10ClF3N2O2. The summed E-state index contributed by atoms with van der Waals surface area (Å²) >= 11 is 5.61. The first-order valence-electron chi connectivity index (χ1n) is 7.35. The molecule has 8 heteroatoms. The van der Waals surface area contributed by atoms with E-state index in [9.17, 15) is 18.3 Å². The SMILES string of the molecule is O[C@@]1(C(F)(F)F)C2=C=C(C=CC=C2)C2C=CC(c3nc(Cl)no3)=CC21. The summed E-state index contributed by atoms with van der Waals surface area (Å²) in [5, 5.41) is 14.0. The van der Waals surface area contributed by atoms with E-state index < -0.39 is 23.6 Å². The van der Waals surface area contributed by atoms with Crippen LogP contribution >= 0.6 is 11.6 Å². The fraction of sp³-hybridized carbons (Fsp3) is 0.235. The maximum Gasteiger partial charge on any atom is 0.422 e. The Balaban J connectivity index is 1.90. The second-order valence-electron chi connectivity index (χ2n) is 5.88. The van der Waals surface area contributed by atoms with Gasteiger partial charge in [-0.05, 0) is 22.8 Å². The van der Waals surface area contributed by atoms with Gasteiger partial charge in [0.05, 0.1) is 0 Å². The van der Waals surface area contributed by atoms with E-state index in [1.165, 1.54) is 18.2 Å². The Morgan fingerprint density at radius 3 is 2.68 bits per heavy atom. The lowest BCUT2D eigenvalue weighted by Crippen LogP contribution is -2.55. The lowest BCUT2D eigenvalue weighted by Gasteiger charge is -2.43. The van der Waals surface area contributed by atoms with E-state index in [1.54, 1.807) is 24.3 Å². The monoisotopic (exact) mass is 366 g/mol. The molecule has 128 valence electrons. The molecule has 3 aliphatic carbocycles. The normalized spacial score (nSPS) is 30.4. The molecule has 0 spiro atoms. The van der Waals surface area contributed by atoms with Crippen molar-refractivity contribution < 1.29 is 22.8 Å². The Bertz CT molecular complexity index is 932. The lowest BCUT2D eigenvalue weighted by atomic mass is 9.65. The van der Waals surface area contributed by atoms with Crippen LogP contribution in [0.15, 0.2) is 63.9 Å². The van der Waals surface area contributed by atoms with E-state index >= 15 is 0 Å². The predicted molar refractivity (Wildman–Crippen MR) is 83.2 cm³/mol. The Morgan fingerprint density at radius 2 is 2.00 bits per heavy atom.